The van der Waals surface area contributed by atoms with Crippen LogP contribution in [0.1, 0.15) is 61.1 Å². The fourth-order valence-corrected chi connectivity index (χ4v) is 5.09. The Labute approximate surface area is 188 Å². The van der Waals surface area contributed by atoms with E-state index >= 15 is 0 Å². The Kier molecular flexibility index (Phi) is 8.13. The quantitative estimate of drug-likeness (QED) is 0.386. The van der Waals surface area contributed by atoms with Crippen molar-refractivity contribution >= 4 is 28.3 Å². The summed E-state index contributed by atoms with van der Waals surface area (Å²) in [6, 6.07) is 7.90. The summed E-state index contributed by atoms with van der Waals surface area (Å²) in [6.07, 6.45) is 9.50. The normalized spacial score (nSPS) is 15.4. The highest BCUT2D eigenvalue weighted by Crippen LogP contribution is 2.39. The molecule has 1 unspecified atom stereocenters. The number of ether oxygens (including phenoxy) is 2. The Balaban J connectivity index is 1.66. The molecule has 0 bridgehead atoms. The van der Waals surface area contributed by atoms with Gasteiger partial charge >= 0.3 is 0 Å². The van der Waals surface area contributed by atoms with E-state index in [1.54, 1.807) is 13.2 Å². The van der Waals surface area contributed by atoms with Gasteiger partial charge in [0.15, 0.2) is 11.5 Å². The first kappa shape index (κ1) is 22.9. The molecule has 0 spiro atoms. The Hall–Kier alpha value is -2.78. The van der Waals surface area contributed by atoms with Gasteiger partial charge in [0.05, 0.1) is 19.3 Å². The lowest BCUT2D eigenvalue weighted by Gasteiger charge is -2.17. The van der Waals surface area contributed by atoms with Crippen molar-refractivity contribution in [2.24, 2.45) is 5.92 Å². The number of carbonyl (C=O) groups is 1. The number of anilines is 1. The molecule has 1 aromatic carbocycles. The van der Waals surface area contributed by atoms with Crippen molar-refractivity contribution in [1.82, 2.24) is 0 Å². The van der Waals surface area contributed by atoms with E-state index < -0.39 is 0 Å². The van der Waals surface area contributed by atoms with Crippen molar-refractivity contribution in [3.63, 3.8) is 0 Å². The molecule has 164 valence electrons. The van der Waals surface area contributed by atoms with E-state index in [9.17, 15) is 10.1 Å². The summed E-state index contributed by atoms with van der Waals surface area (Å²) in [5, 5.41) is 13.1. The minimum Gasteiger partial charge on any atom is -0.493 e. The second kappa shape index (κ2) is 11.0. The molecular weight excluding hydrogens is 408 g/mol. The van der Waals surface area contributed by atoms with Gasteiger partial charge in [-0.25, -0.2) is 0 Å². The summed E-state index contributed by atoms with van der Waals surface area (Å²) in [5.74, 6) is 1.72. The van der Waals surface area contributed by atoms with Crippen LogP contribution in [0.25, 0.3) is 6.08 Å². The molecule has 0 saturated carbocycles. The monoisotopic (exact) mass is 438 g/mol. The van der Waals surface area contributed by atoms with E-state index in [4.69, 9.17) is 9.47 Å². The molecular formula is C25H30N2O3S. The number of hydrogen-bond donors (Lipinski definition) is 1. The van der Waals surface area contributed by atoms with Gasteiger partial charge in [0.1, 0.15) is 11.1 Å². The fourth-order valence-electron chi connectivity index (χ4n) is 3.72. The maximum Gasteiger partial charge on any atom is 0.249 e. The highest BCUT2D eigenvalue weighted by Gasteiger charge is 2.24. The lowest BCUT2D eigenvalue weighted by atomic mass is 9.89. The van der Waals surface area contributed by atoms with E-state index in [0.29, 0.717) is 34.6 Å². The molecule has 1 aromatic heterocycles. The first-order valence-corrected chi connectivity index (χ1v) is 11.7. The molecule has 0 fully saturated rings. The van der Waals surface area contributed by atoms with Gasteiger partial charge < -0.3 is 14.8 Å². The molecule has 0 radical (unpaired) electrons. The van der Waals surface area contributed by atoms with Crippen LogP contribution in [-0.2, 0) is 17.6 Å². The van der Waals surface area contributed by atoms with Crippen molar-refractivity contribution in [2.75, 3.05) is 19.0 Å². The van der Waals surface area contributed by atoms with Gasteiger partial charge in [0, 0.05) is 11.0 Å². The van der Waals surface area contributed by atoms with Gasteiger partial charge in [0.25, 0.3) is 0 Å². The van der Waals surface area contributed by atoms with Gasteiger partial charge in [-0.3, -0.25) is 4.79 Å². The Morgan fingerprint density at radius 1 is 1.35 bits per heavy atom. The predicted octanol–water partition coefficient (Wildman–Crippen LogP) is 5.97. The third kappa shape index (κ3) is 5.89. The number of carbonyl (C=O) groups excluding carboxylic acids is 1. The number of thiophene rings is 1. The van der Waals surface area contributed by atoms with Crippen molar-refractivity contribution in [1.29, 1.82) is 5.26 Å². The number of unbranched alkanes of at least 4 members (excludes halogenated alkanes) is 2. The third-order valence-corrected chi connectivity index (χ3v) is 6.65. The molecule has 5 nitrogen and oxygen atoms in total. The van der Waals surface area contributed by atoms with Crippen LogP contribution in [0, 0.1) is 17.2 Å². The van der Waals surface area contributed by atoms with Crippen LogP contribution >= 0.6 is 11.3 Å². The minimum absolute atomic E-state index is 0.248. The summed E-state index contributed by atoms with van der Waals surface area (Å²) in [4.78, 5) is 13.7. The number of methoxy groups -OCH3 is 1. The van der Waals surface area contributed by atoms with Gasteiger partial charge in [-0.15, -0.1) is 11.3 Å². The zero-order valence-corrected chi connectivity index (χ0v) is 19.3. The van der Waals surface area contributed by atoms with Crippen molar-refractivity contribution in [2.45, 2.75) is 52.4 Å². The van der Waals surface area contributed by atoms with Gasteiger partial charge in [-0.05, 0) is 60.9 Å². The Morgan fingerprint density at radius 2 is 2.19 bits per heavy atom. The molecule has 3 rings (SSSR count). The first-order valence-electron chi connectivity index (χ1n) is 10.9. The van der Waals surface area contributed by atoms with Crippen molar-refractivity contribution in [3.8, 4) is 17.6 Å². The summed E-state index contributed by atoms with van der Waals surface area (Å²) < 4.78 is 11.2. The third-order valence-electron chi connectivity index (χ3n) is 5.48. The van der Waals surface area contributed by atoms with E-state index in [1.165, 1.54) is 22.3 Å². The van der Waals surface area contributed by atoms with Crippen LogP contribution in [0.4, 0.5) is 5.00 Å². The molecule has 0 saturated heterocycles. The summed E-state index contributed by atoms with van der Waals surface area (Å²) in [5.41, 5.74) is 2.58. The highest BCUT2D eigenvalue weighted by molar-refractivity contribution is 7.16. The van der Waals surface area contributed by atoms with Crippen LogP contribution < -0.4 is 14.8 Å². The summed E-state index contributed by atoms with van der Waals surface area (Å²) >= 11 is 1.53. The molecule has 0 aliphatic heterocycles. The number of amides is 1. The highest BCUT2D eigenvalue weighted by atomic mass is 32.1. The van der Waals surface area contributed by atoms with Gasteiger partial charge in [-0.1, -0.05) is 32.8 Å². The van der Waals surface area contributed by atoms with E-state index in [1.807, 2.05) is 18.2 Å². The molecule has 6 heteroatoms. The van der Waals surface area contributed by atoms with Crippen LogP contribution in [0.5, 0.6) is 11.5 Å². The maximum absolute atomic E-state index is 12.5. The molecule has 1 aliphatic rings. The number of nitrogens with zero attached hydrogens (tertiary/aromatic N) is 1. The number of benzene rings is 1. The topological polar surface area (TPSA) is 71.3 Å². The van der Waals surface area contributed by atoms with Gasteiger partial charge in [-0.2, -0.15) is 5.26 Å². The van der Waals surface area contributed by atoms with Crippen molar-refractivity contribution in [3.05, 3.63) is 45.8 Å². The number of nitrogens with one attached hydrogen (secondary N) is 1. The zero-order valence-electron chi connectivity index (χ0n) is 18.5. The lowest BCUT2D eigenvalue weighted by molar-refractivity contribution is -0.111. The number of hydrogen-bond acceptors (Lipinski definition) is 5. The van der Waals surface area contributed by atoms with Crippen LogP contribution in [0.15, 0.2) is 24.3 Å². The van der Waals surface area contributed by atoms with E-state index in [0.717, 1.165) is 49.7 Å². The van der Waals surface area contributed by atoms with Crippen LogP contribution in [0.2, 0.25) is 0 Å². The minimum atomic E-state index is -0.248. The van der Waals surface area contributed by atoms with Crippen molar-refractivity contribution < 1.29 is 14.3 Å². The molecule has 1 N–H and O–H groups in total. The summed E-state index contributed by atoms with van der Waals surface area (Å²) in [6.45, 7) is 5.05. The molecule has 1 heterocycles. The fraction of sp³-hybridized carbons (Fsp3) is 0.440. The average molecular weight is 439 g/mol. The summed E-state index contributed by atoms with van der Waals surface area (Å²) in [7, 11) is 1.61. The largest absolute Gasteiger partial charge is 0.493 e. The van der Waals surface area contributed by atoms with Crippen LogP contribution in [-0.4, -0.2) is 19.6 Å². The first-order chi connectivity index (χ1) is 15.0. The molecule has 2 aromatic rings. The van der Waals surface area contributed by atoms with E-state index in [-0.39, 0.29) is 5.91 Å². The molecule has 1 aliphatic carbocycles. The standard InChI is InChI=1S/C25H30N2O3S/c1-4-5-6-13-30-21-11-8-18(15-22(21)29-3)9-12-24(28)27-25-20(16-26)19-10-7-17(2)14-23(19)31-25/h8-9,11-12,15,17H,4-7,10,13-14H2,1-3H3,(H,27,28)/b12-9+. The SMILES string of the molecule is CCCCCOc1ccc(/C=C/C(=O)Nc2sc3c(c2C#N)CCC(C)C3)cc1OC. The Morgan fingerprint density at radius 3 is 2.94 bits per heavy atom. The predicted molar refractivity (Wildman–Crippen MR) is 126 cm³/mol. The molecule has 1 amide bonds. The van der Waals surface area contributed by atoms with Gasteiger partial charge in [0.2, 0.25) is 5.91 Å². The molecule has 31 heavy (non-hydrogen) atoms. The number of nitriles is 1. The second-order valence-electron chi connectivity index (χ2n) is 7.96. The zero-order chi connectivity index (χ0) is 22.2. The smallest absolute Gasteiger partial charge is 0.249 e. The molecule has 1 atom stereocenters. The number of rotatable bonds is 9. The lowest BCUT2D eigenvalue weighted by Crippen LogP contribution is -2.10. The maximum atomic E-state index is 12.5. The van der Waals surface area contributed by atoms with Crippen LogP contribution in [0.3, 0.4) is 0 Å². The second-order valence-corrected chi connectivity index (χ2v) is 9.06. The number of fused-ring (bicyclic) bond motifs is 1. The Bertz CT molecular complexity index is 987. The van der Waals surface area contributed by atoms with E-state index in [2.05, 4.69) is 25.2 Å². The average Bonchev–Trinajstić information content (AvgIpc) is 3.11.